The number of hydrogen-bond donors (Lipinski definition) is 0. The topological polar surface area (TPSA) is 12.9 Å². The predicted octanol–water partition coefficient (Wildman–Crippen LogP) is 6.42. The molecule has 0 saturated heterocycles. The number of nitrogens with zero attached hydrogens (tertiary/aromatic N) is 1. The van der Waals surface area contributed by atoms with E-state index in [9.17, 15) is 0 Å². The zero-order valence-corrected chi connectivity index (χ0v) is 20.4. The molecule has 2 aliphatic heterocycles. The van der Waals surface area contributed by atoms with Crippen LogP contribution in [0.2, 0.25) is 0 Å². The monoisotopic (exact) mass is 443 g/mol. The van der Waals surface area contributed by atoms with Crippen molar-refractivity contribution in [3.05, 3.63) is 107 Å². The van der Waals surface area contributed by atoms with Gasteiger partial charge in [-0.2, -0.15) is 0 Å². The van der Waals surface area contributed by atoms with Crippen LogP contribution >= 0.6 is 7.92 Å². The van der Waals surface area contributed by atoms with Gasteiger partial charge in [-0.1, -0.05) is 94.4 Å². The molecule has 0 aliphatic carbocycles. The summed E-state index contributed by atoms with van der Waals surface area (Å²) in [6.07, 6.45) is 1.93. The summed E-state index contributed by atoms with van der Waals surface area (Å²) in [7, 11) is -0.605. The van der Waals surface area contributed by atoms with Crippen LogP contribution in [-0.2, 0) is 10.8 Å². The molecule has 7 rings (SSSR count). The van der Waals surface area contributed by atoms with Gasteiger partial charge in [0.25, 0.3) is 0 Å². The minimum atomic E-state index is -0.605. The minimum absolute atomic E-state index is 0.0625. The van der Waals surface area contributed by atoms with E-state index in [1.165, 1.54) is 49.0 Å². The summed E-state index contributed by atoms with van der Waals surface area (Å²) in [5.74, 6) is 0. The van der Waals surface area contributed by atoms with Crippen molar-refractivity contribution < 1.29 is 0 Å². The Balaban J connectivity index is 1.75. The van der Waals surface area contributed by atoms with E-state index in [2.05, 4.69) is 100 Å². The van der Waals surface area contributed by atoms with E-state index >= 15 is 0 Å². The highest BCUT2D eigenvalue weighted by molar-refractivity contribution is 7.80. The normalized spacial score (nSPS) is 19.1. The number of pyridine rings is 1. The Labute approximate surface area is 196 Å². The highest BCUT2D eigenvalue weighted by Crippen LogP contribution is 2.55. The lowest BCUT2D eigenvalue weighted by Gasteiger charge is -2.48. The molecule has 0 saturated carbocycles. The molecule has 0 bridgehead atoms. The first kappa shape index (κ1) is 19.4. The van der Waals surface area contributed by atoms with E-state index in [1.807, 2.05) is 12.3 Å². The number of hydrogen-bond acceptors (Lipinski definition) is 1. The van der Waals surface area contributed by atoms with Gasteiger partial charge in [-0.3, -0.25) is 4.98 Å². The number of rotatable bonds is 0. The van der Waals surface area contributed by atoms with Crippen LogP contribution < -0.4 is 15.9 Å². The van der Waals surface area contributed by atoms with Crippen molar-refractivity contribution in [2.45, 2.75) is 38.5 Å². The zero-order chi connectivity index (χ0) is 22.5. The van der Waals surface area contributed by atoms with Crippen molar-refractivity contribution in [3.63, 3.8) is 0 Å². The average molecular weight is 444 g/mol. The van der Waals surface area contributed by atoms with Crippen LogP contribution in [0.1, 0.15) is 49.9 Å². The standard InChI is InChI=1S/C31H26NP/c1-30(2)22-11-5-7-13-25(22)33-26-14-8-6-12-23(26)31(3,4)27-20-16-15-19-10-9-17-32-28(19)21(20)18-24(30)29(27)33/h5-18H,1-4H3. The van der Waals surface area contributed by atoms with Gasteiger partial charge in [0.05, 0.1) is 5.52 Å². The van der Waals surface area contributed by atoms with Crippen LogP contribution in [0.4, 0.5) is 0 Å². The van der Waals surface area contributed by atoms with Crippen molar-refractivity contribution in [1.29, 1.82) is 0 Å². The van der Waals surface area contributed by atoms with Crippen LogP contribution in [-0.4, -0.2) is 4.98 Å². The van der Waals surface area contributed by atoms with E-state index in [-0.39, 0.29) is 10.8 Å². The third kappa shape index (κ3) is 2.34. The van der Waals surface area contributed by atoms with Gasteiger partial charge in [0.2, 0.25) is 0 Å². The first-order valence-corrected chi connectivity index (χ1v) is 13.1. The van der Waals surface area contributed by atoms with E-state index in [1.54, 1.807) is 5.30 Å². The molecule has 4 aromatic carbocycles. The van der Waals surface area contributed by atoms with Gasteiger partial charge >= 0.3 is 0 Å². The van der Waals surface area contributed by atoms with Crippen molar-refractivity contribution in [3.8, 4) is 0 Å². The van der Waals surface area contributed by atoms with E-state index in [0.29, 0.717) is 0 Å². The van der Waals surface area contributed by atoms with Crippen molar-refractivity contribution in [2.24, 2.45) is 0 Å². The smallest absolute Gasteiger partial charge is 0.0780 e. The van der Waals surface area contributed by atoms with Crippen LogP contribution in [0.5, 0.6) is 0 Å². The Hall–Kier alpha value is -3.02. The fraction of sp³-hybridized carbons (Fsp3) is 0.194. The zero-order valence-electron chi connectivity index (χ0n) is 19.5. The molecule has 0 N–H and O–H groups in total. The van der Waals surface area contributed by atoms with Gasteiger partial charge in [0.1, 0.15) is 0 Å². The summed E-state index contributed by atoms with van der Waals surface area (Å²) in [6.45, 7) is 9.66. The van der Waals surface area contributed by atoms with E-state index in [4.69, 9.17) is 4.98 Å². The minimum Gasteiger partial charge on any atom is -0.256 e. The molecule has 1 nitrogen and oxygen atoms in total. The van der Waals surface area contributed by atoms with Crippen LogP contribution in [0.3, 0.4) is 0 Å². The van der Waals surface area contributed by atoms with Gasteiger partial charge in [0.15, 0.2) is 0 Å². The van der Waals surface area contributed by atoms with Gasteiger partial charge in [-0.05, 0) is 63.6 Å². The average Bonchev–Trinajstić information content (AvgIpc) is 2.83. The largest absolute Gasteiger partial charge is 0.256 e. The molecule has 0 spiro atoms. The SMILES string of the molecule is CC1(C)c2ccccc2P2c3ccccc3C(C)(C)c3c2c1cc1c3ccc2cccnc21. The summed E-state index contributed by atoms with van der Waals surface area (Å²) in [4.78, 5) is 4.86. The summed E-state index contributed by atoms with van der Waals surface area (Å²) in [6, 6.07) is 29.7. The highest BCUT2D eigenvalue weighted by Gasteiger charge is 2.47. The molecule has 2 aliphatic rings. The first-order valence-electron chi connectivity index (χ1n) is 11.8. The molecule has 3 heterocycles. The predicted molar refractivity (Wildman–Crippen MR) is 142 cm³/mol. The summed E-state index contributed by atoms with van der Waals surface area (Å²) >= 11 is 0. The molecule has 1 unspecified atom stereocenters. The lowest BCUT2D eigenvalue weighted by atomic mass is 9.70. The lowest BCUT2D eigenvalue weighted by Crippen LogP contribution is -2.48. The van der Waals surface area contributed by atoms with Crippen molar-refractivity contribution in [1.82, 2.24) is 4.98 Å². The van der Waals surface area contributed by atoms with Crippen LogP contribution in [0.25, 0.3) is 21.7 Å². The molecular weight excluding hydrogens is 417 g/mol. The summed E-state index contributed by atoms with van der Waals surface area (Å²) in [5.41, 5.74) is 6.90. The molecule has 1 aromatic heterocycles. The van der Waals surface area contributed by atoms with E-state index in [0.717, 1.165) is 5.52 Å². The second-order valence-electron chi connectivity index (χ2n) is 10.5. The molecule has 5 aromatic rings. The fourth-order valence-corrected chi connectivity index (χ4v) is 10.0. The van der Waals surface area contributed by atoms with Crippen LogP contribution in [0.15, 0.2) is 85.1 Å². The Morgan fingerprint density at radius 1 is 0.636 bits per heavy atom. The van der Waals surface area contributed by atoms with Crippen molar-refractivity contribution in [2.75, 3.05) is 0 Å². The van der Waals surface area contributed by atoms with Crippen molar-refractivity contribution >= 4 is 45.5 Å². The summed E-state index contributed by atoms with van der Waals surface area (Å²) < 4.78 is 0. The number of aromatic nitrogens is 1. The Morgan fingerprint density at radius 2 is 1.30 bits per heavy atom. The van der Waals surface area contributed by atoms with Gasteiger partial charge in [-0.25, -0.2) is 0 Å². The molecule has 2 heteroatoms. The molecular formula is C31H26NP. The van der Waals surface area contributed by atoms with Gasteiger partial charge in [0, 0.05) is 27.8 Å². The van der Waals surface area contributed by atoms with Gasteiger partial charge in [-0.15, -0.1) is 0 Å². The maximum absolute atomic E-state index is 4.86. The van der Waals surface area contributed by atoms with Crippen LogP contribution in [0, 0.1) is 0 Å². The fourth-order valence-electron chi connectivity index (χ4n) is 6.39. The maximum Gasteiger partial charge on any atom is 0.0780 e. The quantitative estimate of drug-likeness (QED) is 0.199. The molecule has 0 radical (unpaired) electrons. The number of fused-ring (bicyclic) bond motifs is 8. The second-order valence-corrected chi connectivity index (χ2v) is 12.6. The molecule has 1 atom stereocenters. The second kappa shape index (κ2) is 6.31. The lowest BCUT2D eigenvalue weighted by molar-refractivity contribution is 0.629. The van der Waals surface area contributed by atoms with Gasteiger partial charge < -0.3 is 0 Å². The molecule has 160 valence electrons. The summed E-state index contributed by atoms with van der Waals surface area (Å²) in [5, 5.41) is 8.49. The molecule has 0 fully saturated rings. The van der Waals surface area contributed by atoms with E-state index < -0.39 is 7.92 Å². The molecule has 0 amide bonds. The number of benzene rings is 4. The first-order chi connectivity index (χ1) is 15.9. The Bertz CT molecular complexity index is 1610. The highest BCUT2D eigenvalue weighted by atomic mass is 31.1. The third-order valence-electron chi connectivity index (χ3n) is 8.02. The Morgan fingerprint density at radius 3 is 2.03 bits per heavy atom. The maximum atomic E-state index is 4.86. The third-order valence-corrected chi connectivity index (χ3v) is 10.7. The molecule has 33 heavy (non-hydrogen) atoms. The Kier molecular flexibility index (Phi) is 3.72.